The van der Waals surface area contributed by atoms with Crippen LogP contribution in [-0.4, -0.2) is 16.9 Å². The van der Waals surface area contributed by atoms with E-state index < -0.39 is 45.5 Å². The fourth-order valence-electron chi connectivity index (χ4n) is 5.54. The van der Waals surface area contributed by atoms with Gasteiger partial charge >= 0.3 is 6.16 Å². The van der Waals surface area contributed by atoms with Crippen LogP contribution in [0, 0.1) is 41.1 Å². The number of nitriles is 1. The molecule has 0 spiro atoms. The number of aromatic hydroxyl groups is 1. The number of ether oxygens (including phenoxy) is 2. The number of nitrogens with zero attached hydrogens (tertiary/aromatic N) is 1. The zero-order chi connectivity index (χ0) is 29.3. The summed E-state index contributed by atoms with van der Waals surface area (Å²) >= 11 is 0. The van der Waals surface area contributed by atoms with Crippen molar-refractivity contribution >= 4 is 6.16 Å². The standard InChI is InChI=1S/C30H38F3NO4/c1-10-29(8,17-34)16-30(9,15-28(6,7)24-18(2)11-19(35)12-21(24)31)25-22(32)13-20(14-23(25)33)37-26(36)38-27(3,4)5/h11-14,35H,10,15-16H2,1-9H3. The molecule has 2 rings (SSSR count). The van der Waals surface area contributed by atoms with Gasteiger partial charge in [0, 0.05) is 29.2 Å². The van der Waals surface area contributed by atoms with Gasteiger partial charge in [-0.3, -0.25) is 0 Å². The normalized spacial score (nSPS) is 15.2. The smallest absolute Gasteiger partial charge is 0.508 e. The van der Waals surface area contributed by atoms with Crippen molar-refractivity contribution in [2.24, 2.45) is 5.41 Å². The highest BCUT2D eigenvalue weighted by Gasteiger charge is 2.44. The molecule has 0 aliphatic rings. The third-order valence-corrected chi connectivity index (χ3v) is 6.82. The molecular weight excluding hydrogens is 495 g/mol. The second-order valence-corrected chi connectivity index (χ2v) is 12.3. The molecule has 2 atom stereocenters. The van der Waals surface area contributed by atoms with Gasteiger partial charge in [-0.05, 0) is 76.5 Å². The van der Waals surface area contributed by atoms with Crippen molar-refractivity contribution in [1.29, 1.82) is 5.26 Å². The molecule has 0 amide bonds. The number of carbonyl (C=O) groups excluding carboxylic acids is 1. The van der Waals surface area contributed by atoms with Crippen LogP contribution in [0.4, 0.5) is 18.0 Å². The number of rotatable bonds is 8. The summed E-state index contributed by atoms with van der Waals surface area (Å²) in [5.41, 5.74) is -3.50. The lowest BCUT2D eigenvalue weighted by atomic mass is 9.61. The molecule has 2 unspecified atom stereocenters. The molecule has 0 radical (unpaired) electrons. The van der Waals surface area contributed by atoms with Crippen molar-refractivity contribution in [2.75, 3.05) is 0 Å². The number of hydrogen-bond donors (Lipinski definition) is 1. The predicted octanol–water partition coefficient (Wildman–Crippen LogP) is 8.39. The van der Waals surface area contributed by atoms with E-state index in [1.54, 1.807) is 55.4 Å². The molecule has 0 aliphatic carbocycles. The quantitative estimate of drug-likeness (QED) is 0.272. The zero-order valence-corrected chi connectivity index (χ0v) is 23.7. The Kier molecular flexibility index (Phi) is 8.88. The number of halogens is 3. The first-order valence-corrected chi connectivity index (χ1v) is 12.6. The van der Waals surface area contributed by atoms with Gasteiger partial charge in [0.1, 0.15) is 34.6 Å². The maximum absolute atomic E-state index is 15.7. The Morgan fingerprint density at radius 2 is 1.45 bits per heavy atom. The summed E-state index contributed by atoms with van der Waals surface area (Å²) < 4.78 is 56.6. The van der Waals surface area contributed by atoms with E-state index in [1.807, 2.05) is 6.92 Å². The van der Waals surface area contributed by atoms with E-state index in [0.717, 1.165) is 18.2 Å². The van der Waals surface area contributed by atoms with E-state index in [2.05, 4.69) is 6.07 Å². The Hall–Kier alpha value is -3.21. The first-order valence-electron chi connectivity index (χ1n) is 12.6. The largest absolute Gasteiger partial charge is 0.514 e. The van der Waals surface area contributed by atoms with Gasteiger partial charge in [0.2, 0.25) is 0 Å². The number of phenolic OH excluding ortho intramolecular Hbond substituents is 1. The van der Waals surface area contributed by atoms with Crippen molar-refractivity contribution in [2.45, 2.75) is 98.0 Å². The molecule has 38 heavy (non-hydrogen) atoms. The summed E-state index contributed by atoms with van der Waals surface area (Å²) in [5.74, 6) is -3.13. The van der Waals surface area contributed by atoms with Gasteiger partial charge in [-0.15, -0.1) is 0 Å². The Labute approximate surface area is 223 Å². The highest BCUT2D eigenvalue weighted by atomic mass is 19.1. The van der Waals surface area contributed by atoms with Crippen LogP contribution < -0.4 is 4.74 Å². The first-order chi connectivity index (χ1) is 17.3. The summed E-state index contributed by atoms with van der Waals surface area (Å²) in [4.78, 5) is 12.1. The molecule has 0 bridgehead atoms. The number of hydrogen-bond acceptors (Lipinski definition) is 5. The van der Waals surface area contributed by atoms with E-state index >= 15 is 13.2 Å². The van der Waals surface area contributed by atoms with E-state index in [1.165, 1.54) is 6.07 Å². The van der Waals surface area contributed by atoms with Crippen LogP contribution in [0.25, 0.3) is 0 Å². The van der Waals surface area contributed by atoms with E-state index in [-0.39, 0.29) is 29.9 Å². The van der Waals surface area contributed by atoms with Crippen molar-refractivity contribution in [3.05, 3.63) is 58.4 Å². The van der Waals surface area contributed by atoms with Crippen molar-refractivity contribution < 1.29 is 32.5 Å². The molecule has 0 saturated carbocycles. The maximum atomic E-state index is 15.7. The van der Waals surface area contributed by atoms with Crippen LogP contribution in [0.3, 0.4) is 0 Å². The average Bonchev–Trinajstić information content (AvgIpc) is 2.69. The van der Waals surface area contributed by atoms with Gasteiger partial charge < -0.3 is 14.6 Å². The van der Waals surface area contributed by atoms with E-state index in [9.17, 15) is 15.2 Å². The summed E-state index contributed by atoms with van der Waals surface area (Å²) in [6.45, 7) is 15.3. The van der Waals surface area contributed by atoms with Crippen molar-refractivity contribution in [1.82, 2.24) is 0 Å². The first kappa shape index (κ1) is 31.0. The third-order valence-electron chi connectivity index (χ3n) is 6.82. The van der Waals surface area contributed by atoms with Crippen LogP contribution in [0.1, 0.15) is 91.3 Å². The number of aryl methyl sites for hydroxylation is 1. The number of phenols is 1. The molecule has 5 nitrogen and oxygen atoms in total. The van der Waals surface area contributed by atoms with Crippen LogP contribution in [0.2, 0.25) is 0 Å². The van der Waals surface area contributed by atoms with Gasteiger partial charge in [-0.25, -0.2) is 18.0 Å². The zero-order valence-electron chi connectivity index (χ0n) is 23.7. The fourth-order valence-corrected chi connectivity index (χ4v) is 5.54. The second-order valence-electron chi connectivity index (χ2n) is 12.3. The third kappa shape index (κ3) is 7.21. The fraction of sp³-hybridized carbons (Fsp3) is 0.533. The molecule has 0 saturated heterocycles. The Morgan fingerprint density at radius 1 is 0.921 bits per heavy atom. The predicted molar refractivity (Wildman–Crippen MR) is 140 cm³/mol. The van der Waals surface area contributed by atoms with Gasteiger partial charge in [0.15, 0.2) is 0 Å². The minimum Gasteiger partial charge on any atom is -0.508 e. The molecular formula is C30H38F3NO4. The Bertz CT molecular complexity index is 1200. The topological polar surface area (TPSA) is 79.5 Å². The molecule has 0 fully saturated rings. The summed E-state index contributed by atoms with van der Waals surface area (Å²) in [7, 11) is 0. The van der Waals surface area contributed by atoms with E-state index in [4.69, 9.17) is 9.47 Å². The minimum absolute atomic E-state index is 0.0694. The van der Waals surface area contributed by atoms with Crippen molar-refractivity contribution in [3.8, 4) is 17.6 Å². The van der Waals surface area contributed by atoms with Gasteiger partial charge in [-0.2, -0.15) is 5.26 Å². The molecule has 0 aromatic heterocycles. The van der Waals surface area contributed by atoms with Crippen LogP contribution in [0.5, 0.6) is 11.5 Å². The van der Waals surface area contributed by atoms with Gasteiger partial charge in [0.05, 0.1) is 11.5 Å². The molecule has 0 aliphatic heterocycles. The lowest BCUT2D eigenvalue weighted by Crippen LogP contribution is -2.38. The van der Waals surface area contributed by atoms with Crippen LogP contribution in [0.15, 0.2) is 24.3 Å². The monoisotopic (exact) mass is 533 g/mol. The molecule has 208 valence electrons. The molecule has 2 aromatic carbocycles. The maximum Gasteiger partial charge on any atom is 0.514 e. The van der Waals surface area contributed by atoms with Gasteiger partial charge in [0.25, 0.3) is 0 Å². The Balaban J connectivity index is 2.65. The lowest BCUT2D eigenvalue weighted by molar-refractivity contribution is 0.0205. The molecule has 1 N–H and O–H groups in total. The molecule has 2 aromatic rings. The summed E-state index contributed by atoms with van der Waals surface area (Å²) in [6.07, 6.45) is -0.529. The number of carbonyl (C=O) groups is 1. The summed E-state index contributed by atoms with van der Waals surface area (Å²) in [6, 6.07) is 6.54. The van der Waals surface area contributed by atoms with Crippen LogP contribution >= 0.6 is 0 Å². The van der Waals surface area contributed by atoms with Gasteiger partial charge in [-0.1, -0.05) is 27.7 Å². The van der Waals surface area contributed by atoms with Crippen LogP contribution in [-0.2, 0) is 15.6 Å². The SMILES string of the molecule is CCC(C)(C#N)CC(C)(CC(C)(C)c1c(C)cc(O)cc1F)c1c(F)cc(OC(=O)OC(C)(C)C)cc1F. The minimum atomic E-state index is -1.28. The Morgan fingerprint density at radius 3 is 1.89 bits per heavy atom. The lowest BCUT2D eigenvalue weighted by Gasteiger charge is -2.42. The van der Waals surface area contributed by atoms with Crippen molar-refractivity contribution in [3.63, 3.8) is 0 Å². The molecule has 8 heteroatoms. The average molecular weight is 534 g/mol. The highest BCUT2D eigenvalue weighted by molar-refractivity contribution is 5.64. The highest BCUT2D eigenvalue weighted by Crippen LogP contribution is 2.49. The summed E-state index contributed by atoms with van der Waals surface area (Å²) in [5, 5.41) is 19.7. The number of benzene rings is 2. The molecule has 0 heterocycles. The second kappa shape index (κ2) is 10.9. The van der Waals surface area contributed by atoms with E-state index in [0.29, 0.717) is 17.5 Å².